The van der Waals surface area contributed by atoms with Crippen molar-refractivity contribution >= 4 is 21.8 Å². The number of hydrogen-bond donors (Lipinski definition) is 1. The largest absolute Gasteiger partial charge is 0.493 e. The molecule has 0 radical (unpaired) electrons. The van der Waals surface area contributed by atoms with Crippen LogP contribution in [0.4, 0.5) is 5.88 Å². The van der Waals surface area contributed by atoms with Gasteiger partial charge in [-0.25, -0.2) is 0 Å². The van der Waals surface area contributed by atoms with Crippen molar-refractivity contribution in [2.75, 3.05) is 12.3 Å². The van der Waals surface area contributed by atoms with Gasteiger partial charge < -0.3 is 15.0 Å². The molecule has 0 amide bonds. The fourth-order valence-electron chi connectivity index (χ4n) is 1.36. The van der Waals surface area contributed by atoms with Crippen molar-refractivity contribution in [1.29, 1.82) is 0 Å². The Labute approximate surface area is 102 Å². The second-order valence-corrected chi connectivity index (χ2v) is 4.05. The lowest BCUT2D eigenvalue weighted by Gasteiger charge is -2.06. The number of nitrogens with two attached hydrogens (primary N) is 1. The molecule has 2 N–H and O–H groups in total. The number of hydrogen-bond acceptors (Lipinski definition) is 4. The van der Waals surface area contributed by atoms with E-state index < -0.39 is 0 Å². The highest BCUT2D eigenvalue weighted by atomic mass is 79.9. The van der Waals surface area contributed by atoms with E-state index in [2.05, 4.69) is 21.1 Å². The van der Waals surface area contributed by atoms with Gasteiger partial charge in [-0.05, 0) is 41.1 Å². The van der Waals surface area contributed by atoms with Crippen molar-refractivity contribution in [3.8, 4) is 17.0 Å². The maximum Gasteiger partial charge on any atom is 0.222 e. The fraction of sp³-hybridized carbons (Fsp3) is 0.182. The highest BCUT2D eigenvalue weighted by molar-refractivity contribution is 9.10. The number of nitrogens with zero attached hydrogens (tertiary/aromatic N) is 1. The Morgan fingerprint density at radius 1 is 1.44 bits per heavy atom. The number of aromatic nitrogens is 1. The zero-order chi connectivity index (χ0) is 11.5. The maximum atomic E-state index is 5.47. The van der Waals surface area contributed by atoms with Crippen LogP contribution in [0, 0.1) is 0 Å². The average Bonchev–Trinajstić information content (AvgIpc) is 2.68. The van der Waals surface area contributed by atoms with Gasteiger partial charge in [0.15, 0.2) is 0 Å². The molecule has 0 aliphatic carbocycles. The summed E-state index contributed by atoms with van der Waals surface area (Å²) in [6.45, 7) is 2.58. The Morgan fingerprint density at radius 2 is 2.25 bits per heavy atom. The zero-order valence-corrected chi connectivity index (χ0v) is 10.3. The van der Waals surface area contributed by atoms with Crippen LogP contribution >= 0.6 is 15.9 Å². The zero-order valence-electron chi connectivity index (χ0n) is 8.74. The summed E-state index contributed by atoms with van der Waals surface area (Å²) in [5.41, 5.74) is 7.10. The third kappa shape index (κ3) is 2.19. The molecule has 0 bridgehead atoms. The van der Waals surface area contributed by atoms with Gasteiger partial charge in [0.25, 0.3) is 0 Å². The number of halogens is 1. The van der Waals surface area contributed by atoms with Crippen molar-refractivity contribution in [3.05, 3.63) is 28.7 Å². The molecule has 5 heteroatoms. The number of benzene rings is 1. The van der Waals surface area contributed by atoms with Gasteiger partial charge in [0, 0.05) is 11.6 Å². The Hall–Kier alpha value is -1.49. The molecule has 0 atom stereocenters. The normalized spacial score (nSPS) is 10.4. The van der Waals surface area contributed by atoms with E-state index in [1.807, 2.05) is 25.1 Å². The minimum absolute atomic E-state index is 0.306. The molecule has 0 unspecified atom stereocenters. The molecule has 2 rings (SSSR count). The molecule has 0 aliphatic heterocycles. The monoisotopic (exact) mass is 282 g/mol. The van der Waals surface area contributed by atoms with Gasteiger partial charge in [-0.1, -0.05) is 5.16 Å². The van der Waals surface area contributed by atoms with Crippen molar-refractivity contribution in [2.45, 2.75) is 6.92 Å². The van der Waals surface area contributed by atoms with Crippen LogP contribution in [-0.2, 0) is 0 Å². The average molecular weight is 283 g/mol. The molecule has 0 saturated carbocycles. The van der Waals surface area contributed by atoms with Crippen LogP contribution < -0.4 is 10.5 Å². The predicted octanol–water partition coefficient (Wildman–Crippen LogP) is 3.09. The van der Waals surface area contributed by atoms with Gasteiger partial charge in [0.1, 0.15) is 11.4 Å². The summed E-state index contributed by atoms with van der Waals surface area (Å²) in [5.74, 6) is 1.11. The Bertz CT molecular complexity index is 496. The van der Waals surface area contributed by atoms with E-state index in [0.717, 1.165) is 15.8 Å². The SMILES string of the molecule is CCOc1ccc(-c2cc(N)on2)cc1Br. The second kappa shape index (κ2) is 4.57. The van der Waals surface area contributed by atoms with E-state index in [9.17, 15) is 0 Å². The molecule has 84 valence electrons. The summed E-state index contributed by atoms with van der Waals surface area (Å²) in [6.07, 6.45) is 0. The number of anilines is 1. The van der Waals surface area contributed by atoms with Gasteiger partial charge in [-0.2, -0.15) is 0 Å². The molecule has 1 aromatic carbocycles. The maximum absolute atomic E-state index is 5.47. The smallest absolute Gasteiger partial charge is 0.222 e. The van der Waals surface area contributed by atoms with E-state index in [0.29, 0.717) is 18.2 Å². The van der Waals surface area contributed by atoms with Gasteiger partial charge in [-0.3, -0.25) is 0 Å². The van der Waals surface area contributed by atoms with Crippen LogP contribution in [0.3, 0.4) is 0 Å². The molecule has 0 aliphatic rings. The molecule has 0 saturated heterocycles. The molecule has 0 spiro atoms. The lowest BCUT2D eigenvalue weighted by Crippen LogP contribution is -1.92. The summed E-state index contributed by atoms with van der Waals surface area (Å²) in [7, 11) is 0. The molecule has 1 aromatic heterocycles. The first-order valence-corrected chi connectivity index (χ1v) is 5.65. The third-order valence-electron chi connectivity index (χ3n) is 2.06. The minimum Gasteiger partial charge on any atom is -0.493 e. The molecule has 16 heavy (non-hydrogen) atoms. The van der Waals surface area contributed by atoms with Gasteiger partial charge in [0.05, 0.1) is 11.1 Å². The van der Waals surface area contributed by atoms with Gasteiger partial charge >= 0.3 is 0 Å². The van der Waals surface area contributed by atoms with Crippen molar-refractivity contribution in [2.24, 2.45) is 0 Å². The van der Waals surface area contributed by atoms with Crippen LogP contribution in [0.5, 0.6) is 5.75 Å². The lowest BCUT2D eigenvalue weighted by atomic mass is 10.1. The number of nitrogen functional groups attached to an aromatic ring is 1. The Balaban J connectivity index is 2.34. The second-order valence-electron chi connectivity index (χ2n) is 3.19. The van der Waals surface area contributed by atoms with Crippen LogP contribution in [0.25, 0.3) is 11.3 Å². The van der Waals surface area contributed by atoms with Crippen molar-refractivity contribution in [3.63, 3.8) is 0 Å². The van der Waals surface area contributed by atoms with Crippen molar-refractivity contribution in [1.82, 2.24) is 5.16 Å². The Morgan fingerprint density at radius 3 is 2.81 bits per heavy atom. The number of rotatable bonds is 3. The lowest BCUT2D eigenvalue weighted by molar-refractivity contribution is 0.338. The van der Waals surface area contributed by atoms with Crippen LogP contribution in [-0.4, -0.2) is 11.8 Å². The van der Waals surface area contributed by atoms with E-state index in [1.54, 1.807) is 6.07 Å². The molecule has 4 nitrogen and oxygen atoms in total. The van der Waals surface area contributed by atoms with E-state index in [1.165, 1.54) is 0 Å². The summed E-state index contributed by atoms with van der Waals surface area (Å²) in [5, 5.41) is 3.84. The molecule has 0 fully saturated rings. The first-order chi connectivity index (χ1) is 7.70. The van der Waals surface area contributed by atoms with Crippen LogP contribution in [0.15, 0.2) is 33.3 Å². The van der Waals surface area contributed by atoms with Gasteiger partial charge in [-0.15, -0.1) is 0 Å². The first-order valence-electron chi connectivity index (χ1n) is 4.85. The Kier molecular flexibility index (Phi) is 3.14. The standard InChI is InChI=1S/C11H11BrN2O2/c1-2-15-10-4-3-7(5-8(10)12)9-6-11(13)16-14-9/h3-6H,2,13H2,1H3. The summed E-state index contributed by atoms with van der Waals surface area (Å²) < 4.78 is 11.1. The molecular weight excluding hydrogens is 272 g/mol. The fourth-order valence-corrected chi connectivity index (χ4v) is 1.85. The highest BCUT2D eigenvalue weighted by Gasteiger charge is 2.07. The third-order valence-corrected chi connectivity index (χ3v) is 2.68. The van der Waals surface area contributed by atoms with E-state index in [4.69, 9.17) is 15.0 Å². The highest BCUT2D eigenvalue weighted by Crippen LogP contribution is 2.30. The summed E-state index contributed by atoms with van der Waals surface area (Å²) in [4.78, 5) is 0. The number of ether oxygens (including phenoxy) is 1. The van der Waals surface area contributed by atoms with Crippen molar-refractivity contribution < 1.29 is 9.26 Å². The summed E-state index contributed by atoms with van der Waals surface area (Å²) >= 11 is 3.44. The molecule has 2 aromatic rings. The molecule has 1 heterocycles. The first kappa shape index (κ1) is 11.0. The molecular formula is C11H11BrN2O2. The predicted molar refractivity (Wildman–Crippen MR) is 65.2 cm³/mol. The minimum atomic E-state index is 0.306. The van der Waals surface area contributed by atoms with E-state index >= 15 is 0 Å². The van der Waals surface area contributed by atoms with Crippen LogP contribution in [0.1, 0.15) is 6.92 Å². The summed E-state index contributed by atoms with van der Waals surface area (Å²) in [6, 6.07) is 7.39. The quantitative estimate of drug-likeness (QED) is 0.940. The van der Waals surface area contributed by atoms with Crippen LogP contribution in [0.2, 0.25) is 0 Å². The van der Waals surface area contributed by atoms with Gasteiger partial charge in [0.2, 0.25) is 5.88 Å². The topological polar surface area (TPSA) is 61.3 Å². The van der Waals surface area contributed by atoms with E-state index in [-0.39, 0.29) is 0 Å².